The Labute approximate surface area is 177 Å². The average molecular weight is 429 g/mol. The van der Waals surface area contributed by atoms with E-state index in [1.54, 1.807) is 10.3 Å². The summed E-state index contributed by atoms with van der Waals surface area (Å²) in [5.74, 6) is -0.281. The second-order valence-corrected chi connectivity index (χ2v) is 8.41. The fraction of sp³-hybridized carbons (Fsp3) is 0.450. The van der Waals surface area contributed by atoms with E-state index in [2.05, 4.69) is 20.4 Å². The third kappa shape index (κ3) is 3.74. The van der Waals surface area contributed by atoms with Gasteiger partial charge in [-0.3, -0.25) is 19.5 Å². The second-order valence-electron chi connectivity index (χ2n) is 7.55. The van der Waals surface area contributed by atoms with E-state index in [0.29, 0.717) is 41.5 Å². The molecule has 1 aliphatic heterocycles. The molecule has 0 aromatic carbocycles. The minimum atomic E-state index is -0.217. The molecule has 0 radical (unpaired) electrons. The van der Waals surface area contributed by atoms with Gasteiger partial charge in [0.05, 0.1) is 0 Å². The molecule has 1 aliphatic rings. The molecule has 1 fully saturated rings. The zero-order chi connectivity index (χ0) is 21.4. The molecule has 10 heteroatoms. The fourth-order valence-corrected chi connectivity index (χ4v) is 4.69. The number of thiazole rings is 1. The van der Waals surface area contributed by atoms with Gasteiger partial charge in [0, 0.05) is 54.3 Å². The van der Waals surface area contributed by atoms with Crippen LogP contribution in [0.3, 0.4) is 0 Å². The molecule has 0 unspecified atom stereocenters. The number of nitrogens with one attached hydrogen (secondary N) is 2. The van der Waals surface area contributed by atoms with Crippen molar-refractivity contribution < 1.29 is 9.59 Å². The van der Waals surface area contributed by atoms with Crippen LogP contribution in [0.5, 0.6) is 0 Å². The lowest BCUT2D eigenvalue weighted by molar-refractivity contribution is -0.114. The van der Waals surface area contributed by atoms with Gasteiger partial charge >= 0.3 is 0 Å². The lowest BCUT2D eigenvalue weighted by Crippen LogP contribution is -2.39. The second kappa shape index (κ2) is 8.02. The lowest BCUT2D eigenvalue weighted by Gasteiger charge is -2.31. The van der Waals surface area contributed by atoms with Gasteiger partial charge < -0.3 is 10.2 Å². The highest BCUT2D eigenvalue weighted by atomic mass is 32.1. The van der Waals surface area contributed by atoms with Gasteiger partial charge in [0.15, 0.2) is 10.8 Å². The van der Waals surface area contributed by atoms with Gasteiger partial charge in [-0.15, -0.1) is 11.3 Å². The number of aryl methyl sites for hydroxylation is 1. The highest BCUT2D eigenvalue weighted by Crippen LogP contribution is 2.28. The SMILES string of the molecule is CCc1c(C)nc2cc([C@@H]3CCCN(C(=O)c4csc(NC(C)=O)n4)C3)[nH]n2c1=O. The number of carbonyl (C=O) groups excluding carboxylic acids is 2. The first-order chi connectivity index (χ1) is 14.4. The number of hydrogen-bond acceptors (Lipinski definition) is 6. The maximum atomic E-state index is 12.9. The Bertz CT molecular complexity index is 1180. The van der Waals surface area contributed by atoms with Crippen LogP contribution in [0.4, 0.5) is 5.13 Å². The molecule has 0 aliphatic carbocycles. The molecule has 1 saturated heterocycles. The first-order valence-electron chi connectivity index (χ1n) is 10.0. The van der Waals surface area contributed by atoms with Gasteiger partial charge in [-0.25, -0.2) is 14.5 Å². The molecule has 3 aromatic rings. The summed E-state index contributed by atoms with van der Waals surface area (Å²) in [6, 6.07) is 1.91. The normalized spacial score (nSPS) is 16.8. The van der Waals surface area contributed by atoms with Gasteiger partial charge in [0.2, 0.25) is 5.91 Å². The molecule has 158 valence electrons. The largest absolute Gasteiger partial charge is 0.337 e. The number of carbonyl (C=O) groups is 2. The Balaban J connectivity index is 1.56. The Morgan fingerprint density at radius 1 is 1.37 bits per heavy atom. The number of likely N-dealkylation sites (tertiary alicyclic amines) is 1. The van der Waals surface area contributed by atoms with Crippen molar-refractivity contribution in [1.29, 1.82) is 0 Å². The Morgan fingerprint density at radius 3 is 2.90 bits per heavy atom. The van der Waals surface area contributed by atoms with Crippen molar-refractivity contribution in [2.24, 2.45) is 0 Å². The first-order valence-corrected chi connectivity index (χ1v) is 10.9. The molecule has 9 nitrogen and oxygen atoms in total. The third-order valence-electron chi connectivity index (χ3n) is 5.44. The summed E-state index contributed by atoms with van der Waals surface area (Å²) in [6.07, 6.45) is 2.41. The summed E-state index contributed by atoms with van der Waals surface area (Å²) in [5, 5.41) is 7.89. The van der Waals surface area contributed by atoms with Crippen LogP contribution in [0.1, 0.15) is 60.0 Å². The molecule has 30 heavy (non-hydrogen) atoms. The monoisotopic (exact) mass is 428 g/mol. The van der Waals surface area contributed by atoms with Gasteiger partial charge in [0.25, 0.3) is 11.5 Å². The van der Waals surface area contributed by atoms with Crippen LogP contribution in [0.25, 0.3) is 5.65 Å². The van der Waals surface area contributed by atoms with Crippen molar-refractivity contribution in [2.45, 2.75) is 46.0 Å². The summed E-state index contributed by atoms with van der Waals surface area (Å²) in [5.41, 5.74) is 3.24. The third-order valence-corrected chi connectivity index (χ3v) is 6.20. The quantitative estimate of drug-likeness (QED) is 0.662. The maximum Gasteiger partial charge on any atom is 0.276 e. The van der Waals surface area contributed by atoms with Crippen LogP contribution < -0.4 is 10.9 Å². The van der Waals surface area contributed by atoms with Crippen molar-refractivity contribution in [2.75, 3.05) is 18.4 Å². The van der Waals surface area contributed by atoms with Crippen LogP contribution in [0.15, 0.2) is 16.2 Å². The van der Waals surface area contributed by atoms with E-state index in [1.807, 2.05) is 19.9 Å². The molecular formula is C20H24N6O3S. The summed E-state index contributed by atoms with van der Waals surface area (Å²) < 4.78 is 1.50. The van der Waals surface area contributed by atoms with Crippen LogP contribution in [-0.4, -0.2) is 49.4 Å². The molecule has 4 heterocycles. The minimum Gasteiger partial charge on any atom is -0.337 e. The molecule has 2 N–H and O–H groups in total. The minimum absolute atomic E-state index is 0.0667. The molecule has 1 atom stereocenters. The van der Waals surface area contributed by atoms with E-state index in [0.717, 1.165) is 24.2 Å². The smallest absolute Gasteiger partial charge is 0.276 e. The standard InChI is InChI=1S/C20H24N6O3S/c1-4-14-11(2)21-17-8-15(24-26(17)18(14)28)13-6-5-7-25(9-13)19(29)16-10-30-20(23-16)22-12(3)27/h8,10,13,24H,4-7,9H2,1-3H3,(H,22,23,27)/t13-/m1/s1. The Kier molecular flexibility index (Phi) is 5.42. The first kappa shape index (κ1) is 20.3. The predicted molar refractivity (Wildman–Crippen MR) is 114 cm³/mol. The number of nitrogens with zero attached hydrogens (tertiary/aromatic N) is 4. The van der Waals surface area contributed by atoms with Crippen LogP contribution in [0.2, 0.25) is 0 Å². The van der Waals surface area contributed by atoms with Gasteiger partial charge in [-0.05, 0) is 26.2 Å². The highest BCUT2D eigenvalue weighted by molar-refractivity contribution is 7.14. The highest BCUT2D eigenvalue weighted by Gasteiger charge is 2.28. The molecular weight excluding hydrogens is 404 g/mol. The number of fused-ring (bicyclic) bond motifs is 1. The van der Waals surface area contributed by atoms with Crippen molar-refractivity contribution in [3.63, 3.8) is 0 Å². The molecule has 0 bridgehead atoms. The predicted octanol–water partition coefficient (Wildman–Crippen LogP) is 2.33. The summed E-state index contributed by atoms with van der Waals surface area (Å²) in [4.78, 5) is 47.4. The number of amides is 2. The lowest BCUT2D eigenvalue weighted by atomic mass is 9.94. The van der Waals surface area contributed by atoms with Crippen LogP contribution >= 0.6 is 11.3 Å². The molecule has 0 saturated carbocycles. The maximum absolute atomic E-state index is 12.9. The van der Waals surface area contributed by atoms with Crippen molar-refractivity contribution in [1.82, 2.24) is 24.5 Å². The zero-order valence-corrected chi connectivity index (χ0v) is 18.0. The van der Waals surface area contributed by atoms with E-state index in [4.69, 9.17) is 0 Å². The number of piperidine rings is 1. The topological polar surface area (TPSA) is 112 Å². The number of H-pyrrole nitrogens is 1. The fourth-order valence-electron chi connectivity index (χ4n) is 3.96. The summed E-state index contributed by atoms with van der Waals surface area (Å²) in [7, 11) is 0. The molecule has 2 amide bonds. The number of anilines is 1. The molecule has 4 rings (SSSR count). The molecule has 3 aromatic heterocycles. The molecule has 0 spiro atoms. The summed E-state index contributed by atoms with van der Waals surface area (Å²) in [6.45, 7) is 6.40. The number of aromatic nitrogens is 4. The van der Waals surface area contributed by atoms with Crippen molar-refractivity contribution in [3.05, 3.63) is 44.4 Å². The van der Waals surface area contributed by atoms with E-state index in [-0.39, 0.29) is 23.3 Å². The van der Waals surface area contributed by atoms with E-state index in [9.17, 15) is 14.4 Å². The average Bonchev–Trinajstić information content (AvgIpc) is 3.34. The van der Waals surface area contributed by atoms with Crippen LogP contribution in [0, 0.1) is 6.92 Å². The van der Waals surface area contributed by atoms with Crippen molar-refractivity contribution >= 4 is 33.9 Å². The van der Waals surface area contributed by atoms with Gasteiger partial charge in [-0.2, -0.15) is 0 Å². The van der Waals surface area contributed by atoms with Gasteiger partial charge in [0.1, 0.15) is 5.69 Å². The van der Waals surface area contributed by atoms with E-state index < -0.39 is 0 Å². The number of rotatable bonds is 4. The Hall–Kier alpha value is -3.01. The van der Waals surface area contributed by atoms with Gasteiger partial charge in [-0.1, -0.05) is 6.92 Å². The summed E-state index contributed by atoms with van der Waals surface area (Å²) >= 11 is 1.23. The zero-order valence-electron chi connectivity index (χ0n) is 17.2. The number of aromatic amines is 1. The number of hydrogen-bond donors (Lipinski definition) is 2. The Morgan fingerprint density at radius 2 is 2.17 bits per heavy atom. The van der Waals surface area contributed by atoms with Crippen molar-refractivity contribution in [3.8, 4) is 0 Å². The van der Waals surface area contributed by atoms with E-state index in [1.165, 1.54) is 22.8 Å². The van der Waals surface area contributed by atoms with Crippen LogP contribution in [-0.2, 0) is 11.2 Å². The van der Waals surface area contributed by atoms with E-state index >= 15 is 0 Å².